The summed E-state index contributed by atoms with van der Waals surface area (Å²) in [4.78, 5) is 12.2. The lowest BCUT2D eigenvalue weighted by atomic mass is 9.76. The van der Waals surface area contributed by atoms with Crippen LogP contribution in [-0.4, -0.2) is 47.5 Å². The largest absolute Gasteiger partial charge is 0.349 e. The number of nitrogens with zero attached hydrogens (tertiary/aromatic N) is 2. The number of carbonyl (C=O) groups excluding carboxylic acids is 1. The van der Waals surface area contributed by atoms with Crippen LogP contribution >= 0.6 is 0 Å². The Bertz CT molecular complexity index is 867. The van der Waals surface area contributed by atoms with Gasteiger partial charge in [0, 0.05) is 31.6 Å². The fourth-order valence-electron chi connectivity index (χ4n) is 4.04. The quantitative estimate of drug-likeness (QED) is 0.861. The lowest BCUT2D eigenvalue weighted by molar-refractivity contribution is -0.125. The Hall–Kier alpha value is -2.19. The summed E-state index contributed by atoms with van der Waals surface area (Å²) in [5, 5.41) is 9.43. The Morgan fingerprint density at radius 2 is 2.04 bits per heavy atom. The van der Waals surface area contributed by atoms with E-state index in [-0.39, 0.29) is 23.3 Å². The summed E-state index contributed by atoms with van der Waals surface area (Å²) in [6.45, 7) is 0.629. The molecule has 2 aliphatic rings. The Balaban J connectivity index is 1.73. The fraction of sp³-hybridized carbons (Fsp3) is 0.412. The number of hydrogen-bond acceptors (Lipinski definition) is 4. The zero-order chi connectivity index (χ0) is 17.5. The fourth-order valence-corrected chi connectivity index (χ4v) is 5.47. The molecule has 2 fully saturated rings. The lowest BCUT2D eigenvalue weighted by Crippen LogP contribution is -2.56. The first-order valence-corrected chi connectivity index (χ1v) is 9.80. The third kappa shape index (κ3) is 2.75. The summed E-state index contributed by atoms with van der Waals surface area (Å²) < 4.78 is 27.3. The maximum atomic E-state index is 12.9. The monoisotopic (exact) mass is 360 g/mol. The molecule has 132 valence electrons. The molecule has 1 aromatic carbocycles. The van der Waals surface area contributed by atoms with Gasteiger partial charge in [0.05, 0.1) is 11.7 Å². The smallest absolute Gasteiger partial charge is 0.246 e. The third-order valence-corrected chi connectivity index (χ3v) is 7.02. The van der Waals surface area contributed by atoms with Crippen molar-refractivity contribution in [1.29, 1.82) is 0 Å². The van der Waals surface area contributed by atoms with Gasteiger partial charge in [-0.1, -0.05) is 30.3 Å². The second-order valence-electron chi connectivity index (χ2n) is 6.75. The van der Waals surface area contributed by atoms with Gasteiger partial charge in [0.2, 0.25) is 15.9 Å². The molecule has 25 heavy (non-hydrogen) atoms. The zero-order valence-corrected chi connectivity index (χ0v) is 14.5. The van der Waals surface area contributed by atoms with Gasteiger partial charge in [-0.15, -0.1) is 0 Å². The minimum Gasteiger partial charge on any atom is -0.349 e. The van der Waals surface area contributed by atoms with E-state index in [2.05, 4.69) is 15.5 Å². The van der Waals surface area contributed by atoms with E-state index in [9.17, 15) is 13.2 Å². The Morgan fingerprint density at radius 3 is 2.72 bits per heavy atom. The van der Waals surface area contributed by atoms with Crippen molar-refractivity contribution in [2.75, 3.05) is 13.1 Å². The third-order valence-electron chi connectivity index (χ3n) is 5.24. The first-order valence-electron chi connectivity index (χ1n) is 8.36. The van der Waals surface area contributed by atoms with Crippen molar-refractivity contribution in [2.24, 2.45) is 0 Å². The van der Waals surface area contributed by atoms with E-state index >= 15 is 0 Å². The van der Waals surface area contributed by atoms with Crippen molar-refractivity contribution >= 4 is 15.9 Å². The molecule has 7 nitrogen and oxygen atoms in total. The van der Waals surface area contributed by atoms with Crippen molar-refractivity contribution in [2.45, 2.75) is 35.6 Å². The average molecular weight is 360 g/mol. The van der Waals surface area contributed by atoms with Crippen LogP contribution in [0.5, 0.6) is 0 Å². The van der Waals surface area contributed by atoms with E-state index in [1.54, 1.807) is 0 Å². The number of carbonyl (C=O) groups is 1. The molecule has 3 heterocycles. The van der Waals surface area contributed by atoms with E-state index in [1.165, 1.54) is 16.7 Å². The molecule has 1 amide bonds. The van der Waals surface area contributed by atoms with E-state index in [4.69, 9.17) is 0 Å². The maximum absolute atomic E-state index is 12.9. The SMILES string of the molecule is O=C1CCC[C@]2(CN(S(=O)(=O)c3cn[nH]c3)C[C@H]2c2ccccc2)N1. The molecule has 2 aromatic rings. The molecule has 0 radical (unpaired) electrons. The van der Waals surface area contributed by atoms with Crippen LogP contribution in [0.4, 0.5) is 0 Å². The summed E-state index contributed by atoms with van der Waals surface area (Å²) in [7, 11) is -3.64. The molecule has 4 rings (SSSR count). The van der Waals surface area contributed by atoms with Crippen LogP contribution in [-0.2, 0) is 14.8 Å². The highest BCUT2D eigenvalue weighted by molar-refractivity contribution is 7.89. The van der Waals surface area contributed by atoms with Gasteiger partial charge >= 0.3 is 0 Å². The number of sulfonamides is 1. The molecule has 0 aliphatic carbocycles. The predicted molar refractivity (Wildman–Crippen MR) is 91.3 cm³/mol. The number of rotatable bonds is 3. The van der Waals surface area contributed by atoms with Gasteiger partial charge < -0.3 is 5.32 Å². The van der Waals surface area contributed by atoms with Crippen molar-refractivity contribution in [3.8, 4) is 0 Å². The van der Waals surface area contributed by atoms with E-state index in [0.717, 1.165) is 18.4 Å². The van der Waals surface area contributed by atoms with Crippen molar-refractivity contribution in [3.63, 3.8) is 0 Å². The normalized spacial score (nSPS) is 27.5. The van der Waals surface area contributed by atoms with Crippen LogP contribution in [0.1, 0.15) is 30.7 Å². The molecule has 8 heteroatoms. The molecular weight excluding hydrogens is 340 g/mol. The second-order valence-corrected chi connectivity index (χ2v) is 8.69. The Kier molecular flexibility index (Phi) is 3.88. The van der Waals surface area contributed by atoms with Crippen LogP contribution in [0.25, 0.3) is 0 Å². The first-order chi connectivity index (χ1) is 12.0. The summed E-state index contributed by atoms with van der Waals surface area (Å²) in [5.74, 6) is -0.0747. The van der Waals surface area contributed by atoms with Crippen molar-refractivity contribution in [1.82, 2.24) is 19.8 Å². The van der Waals surface area contributed by atoms with Crippen LogP contribution in [0.3, 0.4) is 0 Å². The second kappa shape index (κ2) is 5.96. The number of hydrogen-bond donors (Lipinski definition) is 2. The average Bonchev–Trinajstić information content (AvgIpc) is 3.25. The molecule has 2 saturated heterocycles. The van der Waals surface area contributed by atoms with E-state index in [0.29, 0.717) is 13.0 Å². The highest BCUT2D eigenvalue weighted by atomic mass is 32.2. The number of H-pyrrole nitrogens is 1. The minimum absolute atomic E-state index is 0.00487. The minimum atomic E-state index is -3.64. The molecule has 1 spiro atoms. The molecule has 2 N–H and O–H groups in total. The molecule has 2 aliphatic heterocycles. The first kappa shape index (κ1) is 16.3. The number of piperidine rings is 1. The van der Waals surface area contributed by atoms with Gasteiger partial charge in [-0.25, -0.2) is 8.42 Å². The summed E-state index contributed by atoms with van der Waals surface area (Å²) >= 11 is 0. The number of benzene rings is 1. The van der Waals surface area contributed by atoms with E-state index < -0.39 is 15.6 Å². The van der Waals surface area contributed by atoms with Crippen LogP contribution in [0, 0.1) is 0 Å². The number of aromatic amines is 1. The topological polar surface area (TPSA) is 95.2 Å². The van der Waals surface area contributed by atoms with Gasteiger partial charge in [0.25, 0.3) is 0 Å². The molecule has 2 atom stereocenters. The van der Waals surface area contributed by atoms with Gasteiger partial charge in [-0.05, 0) is 18.4 Å². The number of nitrogens with one attached hydrogen (secondary N) is 2. The summed E-state index contributed by atoms with van der Waals surface area (Å²) in [6, 6.07) is 9.83. The molecular formula is C17H20N4O3S. The van der Waals surface area contributed by atoms with Crippen LogP contribution in [0.2, 0.25) is 0 Å². The van der Waals surface area contributed by atoms with Gasteiger partial charge in [0.1, 0.15) is 4.90 Å². The Labute approximate surface area is 146 Å². The van der Waals surface area contributed by atoms with Crippen molar-refractivity contribution in [3.05, 3.63) is 48.3 Å². The summed E-state index contributed by atoms with van der Waals surface area (Å²) in [5.41, 5.74) is 0.502. The standard InChI is InChI=1S/C17H20N4O3S/c22-16-7-4-8-17(20-16)12-21(25(23,24)14-9-18-19-10-14)11-15(17)13-5-2-1-3-6-13/h1-3,5-6,9-10,15H,4,7-8,11-12H2,(H,18,19)(H,20,22)/t15-,17+/m0/s1. The van der Waals surface area contributed by atoms with Gasteiger partial charge in [-0.2, -0.15) is 9.40 Å². The van der Waals surface area contributed by atoms with Gasteiger partial charge in [-0.3, -0.25) is 9.89 Å². The molecule has 0 saturated carbocycles. The van der Waals surface area contributed by atoms with E-state index in [1.807, 2.05) is 30.3 Å². The highest BCUT2D eigenvalue weighted by Gasteiger charge is 2.52. The number of amides is 1. The summed E-state index contributed by atoms with van der Waals surface area (Å²) in [6.07, 6.45) is 4.75. The van der Waals surface area contributed by atoms with Gasteiger partial charge in [0.15, 0.2) is 0 Å². The lowest BCUT2D eigenvalue weighted by Gasteiger charge is -2.39. The Morgan fingerprint density at radius 1 is 1.24 bits per heavy atom. The molecule has 0 unspecified atom stereocenters. The maximum Gasteiger partial charge on any atom is 0.246 e. The van der Waals surface area contributed by atoms with Crippen LogP contribution in [0.15, 0.2) is 47.6 Å². The van der Waals surface area contributed by atoms with Crippen LogP contribution < -0.4 is 5.32 Å². The highest BCUT2D eigenvalue weighted by Crippen LogP contribution is 2.42. The zero-order valence-electron chi connectivity index (χ0n) is 13.7. The van der Waals surface area contributed by atoms with Crippen molar-refractivity contribution < 1.29 is 13.2 Å². The predicted octanol–water partition coefficient (Wildman–Crippen LogP) is 1.24. The molecule has 0 bridgehead atoms. The molecule has 1 aromatic heterocycles. The number of aromatic nitrogens is 2.